The summed E-state index contributed by atoms with van der Waals surface area (Å²) in [5, 5.41) is 0. The molecule has 1 fully saturated rings. The van der Waals surface area contributed by atoms with Gasteiger partial charge in [-0.3, -0.25) is 15.1 Å². The number of nitrogens with one attached hydrogen (secondary N) is 1. The van der Waals surface area contributed by atoms with Gasteiger partial charge in [0, 0.05) is 13.5 Å². The van der Waals surface area contributed by atoms with Crippen LogP contribution in [-0.2, 0) is 14.3 Å². The molecule has 1 saturated heterocycles. The van der Waals surface area contributed by atoms with E-state index in [1.165, 1.54) is 4.90 Å². The molecule has 1 heterocycles. The van der Waals surface area contributed by atoms with Gasteiger partial charge in [-0.1, -0.05) is 0 Å². The van der Waals surface area contributed by atoms with Crippen molar-refractivity contribution in [1.82, 2.24) is 10.3 Å². The Kier molecular flexibility index (Phi) is 4.53. The van der Waals surface area contributed by atoms with E-state index >= 15 is 0 Å². The molecule has 2 atom stereocenters. The Morgan fingerprint density at radius 1 is 1.39 bits per heavy atom. The first-order valence-corrected chi connectivity index (χ1v) is 5.81. The number of nitrogens with two attached hydrogens (primary N) is 1. The van der Waals surface area contributed by atoms with Crippen LogP contribution in [0.3, 0.4) is 0 Å². The molecule has 0 bridgehead atoms. The number of amides is 2. The van der Waals surface area contributed by atoms with E-state index in [-0.39, 0.29) is 6.10 Å². The number of likely N-dealkylation sites (tertiary alicyclic amines) is 1. The Bertz CT molecular complexity index is 327. The van der Waals surface area contributed by atoms with Crippen LogP contribution in [0.2, 0.25) is 0 Å². The van der Waals surface area contributed by atoms with Gasteiger partial charge in [0.2, 0.25) is 0 Å². The number of nitrogens with zero attached hydrogens (tertiary/aromatic N) is 1. The monoisotopic (exact) mass is 259 g/mol. The van der Waals surface area contributed by atoms with E-state index in [0.717, 1.165) is 0 Å². The molecule has 0 radical (unpaired) electrons. The molecule has 0 saturated carbocycles. The summed E-state index contributed by atoms with van der Waals surface area (Å²) in [7, 11) is 1.54. The molecule has 18 heavy (non-hydrogen) atoms. The topological polar surface area (TPSA) is 93.9 Å². The maximum absolute atomic E-state index is 12.0. The van der Waals surface area contributed by atoms with Crippen LogP contribution in [0.1, 0.15) is 27.2 Å². The Labute approximate surface area is 107 Å². The summed E-state index contributed by atoms with van der Waals surface area (Å²) in [5.74, 6) is 4.69. The van der Waals surface area contributed by atoms with Crippen molar-refractivity contribution in [2.75, 3.05) is 13.7 Å². The number of methoxy groups -OCH3 is 1. The summed E-state index contributed by atoms with van der Waals surface area (Å²) in [4.78, 5) is 24.9. The molecule has 104 valence electrons. The molecule has 0 unspecified atom stereocenters. The number of hydrogen-bond donors (Lipinski definition) is 2. The molecule has 7 nitrogen and oxygen atoms in total. The predicted octanol–water partition coefficient (Wildman–Crippen LogP) is 0.000700. The molecular weight excluding hydrogens is 238 g/mol. The minimum Gasteiger partial charge on any atom is -0.444 e. The number of rotatable bonds is 2. The van der Waals surface area contributed by atoms with Crippen LogP contribution in [0.5, 0.6) is 0 Å². The first kappa shape index (κ1) is 14.7. The molecule has 0 aromatic heterocycles. The van der Waals surface area contributed by atoms with Crippen molar-refractivity contribution in [2.45, 2.75) is 44.9 Å². The zero-order valence-corrected chi connectivity index (χ0v) is 11.2. The molecule has 3 N–H and O–H groups in total. The molecule has 0 aliphatic carbocycles. The first-order chi connectivity index (χ1) is 8.28. The molecule has 1 rings (SSSR count). The normalized spacial score (nSPS) is 23.9. The van der Waals surface area contributed by atoms with Crippen LogP contribution in [0.25, 0.3) is 0 Å². The summed E-state index contributed by atoms with van der Waals surface area (Å²) in [6.45, 7) is 5.63. The lowest BCUT2D eigenvalue weighted by Crippen LogP contribution is -2.49. The molecule has 1 aliphatic rings. The van der Waals surface area contributed by atoms with Crippen molar-refractivity contribution in [3.05, 3.63) is 0 Å². The summed E-state index contributed by atoms with van der Waals surface area (Å²) >= 11 is 0. The van der Waals surface area contributed by atoms with E-state index in [1.54, 1.807) is 27.9 Å². The van der Waals surface area contributed by atoms with Gasteiger partial charge in [0.25, 0.3) is 5.91 Å². The molecule has 7 heteroatoms. The fraction of sp³-hybridized carbons (Fsp3) is 0.818. The number of carbonyl (C=O) groups is 2. The second kappa shape index (κ2) is 5.53. The predicted molar refractivity (Wildman–Crippen MR) is 64.5 cm³/mol. The average molecular weight is 259 g/mol. The molecule has 1 aliphatic heterocycles. The first-order valence-electron chi connectivity index (χ1n) is 5.81. The fourth-order valence-corrected chi connectivity index (χ4v) is 1.84. The summed E-state index contributed by atoms with van der Waals surface area (Å²) < 4.78 is 10.4. The van der Waals surface area contributed by atoms with Gasteiger partial charge < -0.3 is 9.47 Å². The van der Waals surface area contributed by atoms with Gasteiger partial charge in [0.15, 0.2) is 0 Å². The number of carbonyl (C=O) groups excluding carboxylic acids is 2. The smallest absolute Gasteiger partial charge is 0.411 e. The zero-order valence-electron chi connectivity index (χ0n) is 11.2. The number of hydrazine groups is 1. The summed E-state index contributed by atoms with van der Waals surface area (Å²) in [5.41, 5.74) is 1.45. The quantitative estimate of drug-likeness (QED) is 0.413. The minimum absolute atomic E-state index is 0.181. The Hall–Kier alpha value is -1.34. The Morgan fingerprint density at radius 3 is 2.44 bits per heavy atom. The highest BCUT2D eigenvalue weighted by molar-refractivity contribution is 5.86. The largest absolute Gasteiger partial charge is 0.444 e. The van der Waals surface area contributed by atoms with Gasteiger partial charge in [0.1, 0.15) is 11.6 Å². The number of hydrogen-bond acceptors (Lipinski definition) is 5. The van der Waals surface area contributed by atoms with E-state index in [9.17, 15) is 9.59 Å². The van der Waals surface area contributed by atoms with Crippen molar-refractivity contribution in [3.8, 4) is 0 Å². The van der Waals surface area contributed by atoms with Gasteiger partial charge in [-0.25, -0.2) is 10.6 Å². The highest BCUT2D eigenvalue weighted by atomic mass is 16.6. The highest BCUT2D eigenvalue weighted by Crippen LogP contribution is 2.22. The molecule has 0 spiro atoms. The van der Waals surface area contributed by atoms with E-state index in [0.29, 0.717) is 13.0 Å². The second-order valence-electron chi connectivity index (χ2n) is 5.25. The third-order valence-electron chi connectivity index (χ3n) is 2.67. The summed E-state index contributed by atoms with van der Waals surface area (Å²) in [6, 6.07) is -0.644. The zero-order chi connectivity index (χ0) is 13.9. The van der Waals surface area contributed by atoms with Crippen LogP contribution < -0.4 is 11.3 Å². The molecule has 2 amide bonds. The lowest BCUT2D eigenvalue weighted by molar-refractivity contribution is -0.125. The Morgan fingerprint density at radius 2 is 2.00 bits per heavy atom. The highest BCUT2D eigenvalue weighted by Gasteiger charge is 2.41. The van der Waals surface area contributed by atoms with E-state index in [1.807, 2.05) is 0 Å². The van der Waals surface area contributed by atoms with Crippen LogP contribution in [0.4, 0.5) is 4.79 Å². The maximum atomic E-state index is 12.0. The maximum Gasteiger partial charge on any atom is 0.411 e. The van der Waals surface area contributed by atoms with Gasteiger partial charge in [0.05, 0.1) is 12.6 Å². The fourth-order valence-electron chi connectivity index (χ4n) is 1.84. The van der Waals surface area contributed by atoms with Crippen molar-refractivity contribution < 1.29 is 19.1 Å². The average Bonchev–Trinajstić information content (AvgIpc) is 2.69. The SMILES string of the molecule is CO[C@@H]1C[C@@H](C(=O)NN)N(C(=O)OC(C)(C)C)C1. The van der Waals surface area contributed by atoms with Gasteiger partial charge >= 0.3 is 6.09 Å². The van der Waals surface area contributed by atoms with Crippen LogP contribution in [0.15, 0.2) is 0 Å². The van der Waals surface area contributed by atoms with Crippen molar-refractivity contribution in [1.29, 1.82) is 0 Å². The lowest BCUT2D eigenvalue weighted by atomic mass is 10.2. The second-order valence-corrected chi connectivity index (χ2v) is 5.25. The van der Waals surface area contributed by atoms with E-state index < -0.39 is 23.6 Å². The van der Waals surface area contributed by atoms with Crippen LogP contribution in [0, 0.1) is 0 Å². The van der Waals surface area contributed by atoms with Crippen LogP contribution in [-0.4, -0.2) is 48.3 Å². The lowest BCUT2D eigenvalue weighted by Gasteiger charge is -2.27. The van der Waals surface area contributed by atoms with Crippen molar-refractivity contribution >= 4 is 12.0 Å². The minimum atomic E-state index is -0.644. The molecular formula is C11H21N3O4. The standard InChI is InChI=1S/C11H21N3O4/c1-11(2,3)18-10(16)14-6-7(17-4)5-8(14)9(15)13-12/h7-8H,5-6,12H2,1-4H3,(H,13,15)/t7-,8+/m1/s1. The Balaban J connectivity index is 2.77. The van der Waals surface area contributed by atoms with Crippen molar-refractivity contribution in [2.24, 2.45) is 5.84 Å². The van der Waals surface area contributed by atoms with Gasteiger partial charge in [-0.2, -0.15) is 0 Å². The molecule has 0 aromatic rings. The van der Waals surface area contributed by atoms with Crippen molar-refractivity contribution in [3.63, 3.8) is 0 Å². The molecule has 0 aromatic carbocycles. The van der Waals surface area contributed by atoms with E-state index in [4.69, 9.17) is 15.3 Å². The van der Waals surface area contributed by atoms with Gasteiger partial charge in [-0.05, 0) is 20.8 Å². The van der Waals surface area contributed by atoms with Crippen LogP contribution >= 0.6 is 0 Å². The third-order valence-corrected chi connectivity index (χ3v) is 2.67. The van der Waals surface area contributed by atoms with E-state index in [2.05, 4.69) is 5.43 Å². The van der Waals surface area contributed by atoms with Gasteiger partial charge in [-0.15, -0.1) is 0 Å². The third kappa shape index (κ3) is 3.58. The number of ether oxygens (including phenoxy) is 2. The summed E-state index contributed by atoms with van der Waals surface area (Å²) in [6.07, 6.45) is -0.297.